The van der Waals surface area contributed by atoms with Crippen LogP contribution >= 0.6 is 0 Å². The molecule has 1 nitrogen and oxygen atoms in total. The van der Waals surface area contributed by atoms with Gasteiger partial charge in [0.15, 0.2) is 0 Å². The van der Waals surface area contributed by atoms with E-state index in [-0.39, 0.29) is 0 Å². The maximum Gasteiger partial charge on any atom is 0.0494 e. The molecule has 52 valence electrons. The lowest BCUT2D eigenvalue weighted by Crippen LogP contribution is -2.01. The highest BCUT2D eigenvalue weighted by molar-refractivity contribution is 5.00. The van der Waals surface area contributed by atoms with Crippen molar-refractivity contribution in [3.05, 3.63) is 12.2 Å². The van der Waals surface area contributed by atoms with E-state index in [4.69, 9.17) is 5.11 Å². The van der Waals surface area contributed by atoms with Gasteiger partial charge in [-0.25, -0.2) is 0 Å². The molecule has 0 aromatic rings. The Morgan fingerprint density at radius 2 is 2.11 bits per heavy atom. The number of rotatable bonds is 2. The summed E-state index contributed by atoms with van der Waals surface area (Å²) in [6.45, 7) is 2.52. The molecule has 0 amide bonds. The van der Waals surface area contributed by atoms with Crippen molar-refractivity contribution in [1.29, 1.82) is 0 Å². The van der Waals surface area contributed by atoms with Crippen LogP contribution in [-0.4, -0.2) is 11.7 Å². The van der Waals surface area contributed by atoms with E-state index in [1.54, 1.807) is 0 Å². The Kier molecular flexibility index (Phi) is 2.29. The highest BCUT2D eigenvalue weighted by Crippen LogP contribution is 2.24. The van der Waals surface area contributed by atoms with Crippen LogP contribution in [0.5, 0.6) is 0 Å². The smallest absolute Gasteiger partial charge is 0.0494 e. The van der Waals surface area contributed by atoms with Gasteiger partial charge in [-0.05, 0) is 18.8 Å². The maximum absolute atomic E-state index is 8.73. The monoisotopic (exact) mass is 126 g/mol. The lowest BCUT2D eigenvalue weighted by Gasteiger charge is -2.05. The van der Waals surface area contributed by atoms with Crippen LogP contribution in [0.15, 0.2) is 12.2 Å². The average Bonchev–Trinajstić information content (AvgIpc) is 2.34. The highest BCUT2D eigenvalue weighted by atomic mass is 16.3. The summed E-state index contributed by atoms with van der Waals surface area (Å²) < 4.78 is 0. The lowest BCUT2D eigenvalue weighted by molar-refractivity contribution is 0.243. The van der Waals surface area contributed by atoms with Crippen LogP contribution in [0.3, 0.4) is 0 Å². The first-order valence-corrected chi connectivity index (χ1v) is 3.66. The Morgan fingerprint density at radius 3 is 2.44 bits per heavy atom. The first kappa shape index (κ1) is 6.81. The number of allylic oxidation sites excluding steroid dienone is 1. The standard InChI is InChI=1S/C8H14O/c1-2-7-3-4-8(5-7)6-9/h3-4,7-9H,2,5-6H2,1H3/t7-,8?/m0/s1. The van der Waals surface area contributed by atoms with Gasteiger partial charge in [-0.15, -0.1) is 0 Å². The van der Waals surface area contributed by atoms with Crippen molar-refractivity contribution in [2.75, 3.05) is 6.61 Å². The van der Waals surface area contributed by atoms with E-state index in [9.17, 15) is 0 Å². The van der Waals surface area contributed by atoms with Crippen molar-refractivity contribution in [3.8, 4) is 0 Å². The zero-order valence-electron chi connectivity index (χ0n) is 5.88. The summed E-state index contributed by atoms with van der Waals surface area (Å²) in [5.41, 5.74) is 0. The minimum absolute atomic E-state index is 0.326. The number of aliphatic hydroxyl groups excluding tert-OH is 1. The van der Waals surface area contributed by atoms with Crippen molar-refractivity contribution < 1.29 is 5.11 Å². The fourth-order valence-electron chi connectivity index (χ4n) is 1.30. The van der Waals surface area contributed by atoms with Crippen LogP contribution in [0.2, 0.25) is 0 Å². The van der Waals surface area contributed by atoms with Gasteiger partial charge in [0.25, 0.3) is 0 Å². The molecular weight excluding hydrogens is 112 g/mol. The summed E-state index contributed by atoms with van der Waals surface area (Å²) in [5, 5.41) is 8.73. The van der Waals surface area contributed by atoms with Gasteiger partial charge in [-0.1, -0.05) is 19.1 Å². The van der Waals surface area contributed by atoms with Gasteiger partial charge in [0.2, 0.25) is 0 Å². The molecule has 0 radical (unpaired) electrons. The van der Waals surface area contributed by atoms with E-state index in [2.05, 4.69) is 19.1 Å². The summed E-state index contributed by atoms with van der Waals surface area (Å²) in [7, 11) is 0. The maximum atomic E-state index is 8.73. The second-order valence-electron chi connectivity index (χ2n) is 2.73. The molecule has 0 spiro atoms. The van der Waals surface area contributed by atoms with Gasteiger partial charge in [-0.3, -0.25) is 0 Å². The largest absolute Gasteiger partial charge is 0.396 e. The van der Waals surface area contributed by atoms with Crippen molar-refractivity contribution in [2.45, 2.75) is 19.8 Å². The minimum atomic E-state index is 0.326. The molecule has 1 rings (SSSR count). The molecule has 2 atom stereocenters. The highest BCUT2D eigenvalue weighted by Gasteiger charge is 2.15. The Morgan fingerprint density at radius 1 is 1.44 bits per heavy atom. The Balaban J connectivity index is 2.31. The molecule has 0 saturated carbocycles. The molecule has 1 N–H and O–H groups in total. The van der Waals surface area contributed by atoms with E-state index in [1.807, 2.05) is 0 Å². The number of hydrogen-bond acceptors (Lipinski definition) is 1. The molecular formula is C8H14O. The topological polar surface area (TPSA) is 20.2 Å². The van der Waals surface area contributed by atoms with E-state index >= 15 is 0 Å². The molecule has 0 aromatic carbocycles. The molecule has 0 aliphatic heterocycles. The molecule has 0 saturated heterocycles. The average molecular weight is 126 g/mol. The second kappa shape index (κ2) is 3.02. The minimum Gasteiger partial charge on any atom is -0.396 e. The Labute approximate surface area is 56.4 Å². The molecule has 0 aromatic heterocycles. The zero-order valence-corrected chi connectivity index (χ0v) is 5.88. The van der Waals surface area contributed by atoms with Gasteiger partial charge >= 0.3 is 0 Å². The number of aliphatic hydroxyl groups is 1. The predicted molar refractivity (Wildman–Crippen MR) is 38.1 cm³/mol. The van der Waals surface area contributed by atoms with Crippen LogP contribution < -0.4 is 0 Å². The molecule has 0 bridgehead atoms. The summed E-state index contributed by atoms with van der Waals surface area (Å²) in [6.07, 6.45) is 6.73. The Bertz CT molecular complexity index is 95.1. The summed E-state index contributed by atoms with van der Waals surface area (Å²) in [4.78, 5) is 0. The van der Waals surface area contributed by atoms with E-state index in [0.29, 0.717) is 12.5 Å². The molecule has 0 heterocycles. The third kappa shape index (κ3) is 1.55. The van der Waals surface area contributed by atoms with Crippen molar-refractivity contribution >= 4 is 0 Å². The third-order valence-electron chi connectivity index (χ3n) is 2.02. The fourth-order valence-corrected chi connectivity index (χ4v) is 1.30. The zero-order chi connectivity index (χ0) is 6.69. The molecule has 9 heavy (non-hydrogen) atoms. The van der Waals surface area contributed by atoms with Crippen molar-refractivity contribution in [2.24, 2.45) is 11.8 Å². The van der Waals surface area contributed by atoms with Gasteiger partial charge in [-0.2, -0.15) is 0 Å². The van der Waals surface area contributed by atoms with Crippen LogP contribution in [0.1, 0.15) is 19.8 Å². The molecule has 1 aliphatic rings. The normalized spacial score (nSPS) is 33.6. The van der Waals surface area contributed by atoms with E-state index in [0.717, 1.165) is 12.3 Å². The van der Waals surface area contributed by atoms with Crippen LogP contribution in [0.25, 0.3) is 0 Å². The van der Waals surface area contributed by atoms with Crippen LogP contribution in [-0.2, 0) is 0 Å². The lowest BCUT2D eigenvalue weighted by atomic mass is 10.0. The molecule has 1 aliphatic carbocycles. The molecule has 0 fully saturated rings. The van der Waals surface area contributed by atoms with Crippen molar-refractivity contribution in [1.82, 2.24) is 0 Å². The first-order chi connectivity index (χ1) is 4.36. The summed E-state index contributed by atoms with van der Waals surface area (Å²) >= 11 is 0. The fraction of sp³-hybridized carbons (Fsp3) is 0.750. The summed E-state index contributed by atoms with van der Waals surface area (Å²) in [6, 6.07) is 0. The molecule has 1 unspecified atom stereocenters. The summed E-state index contributed by atoms with van der Waals surface area (Å²) in [5.74, 6) is 1.19. The molecule has 1 heteroatoms. The Hall–Kier alpha value is -0.300. The van der Waals surface area contributed by atoms with Gasteiger partial charge in [0, 0.05) is 12.5 Å². The third-order valence-corrected chi connectivity index (χ3v) is 2.02. The predicted octanol–water partition coefficient (Wildman–Crippen LogP) is 1.58. The van der Waals surface area contributed by atoms with Crippen molar-refractivity contribution in [3.63, 3.8) is 0 Å². The van der Waals surface area contributed by atoms with Gasteiger partial charge < -0.3 is 5.11 Å². The van der Waals surface area contributed by atoms with Crippen LogP contribution in [0.4, 0.5) is 0 Å². The van der Waals surface area contributed by atoms with Gasteiger partial charge in [0.1, 0.15) is 0 Å². The quantitative estimate of drug-likeness (QED) is 0.557. The van der Waals surface area contributed by atoms with E-state index < -0.39 is 0 Å². The van der Waals surface area contributed by atoms with Gasteiger partial charge in [0.05, 0.1) is 0 Å². The second-order valence-corrected chi connectivity index (χ2v) is 2.73. The van der Waals surface area contributed by atoms with Crippen LogP contribution in [0, 0.1) is 11.8 Å². The number of hydrogen-bond donors (Lipinski definition) is 1. The first-order valence-electron chi connectivity index (χ1n) is 3.66. The SMILES string of the molecule is CC[C@H]1C=CC(CO)C1. The van der Waals surface area contributed by atoms with E-state index in [1.165, 1.54) is 6.42 Å².